The molecule has 0 amide bonds. The highest BCUT2D eigenvalue weighted by Gasteiger charge is 2.02. The summed E-state index contributed by atoms with van der Waals surface area (Å²) < 4.78 is 7.54. The number of rotatable bonds is 9. The van der Waals surface area contributed by atoms with Crippen molar-refractivity contribution < 1.29 is 4.74 Å². The van der Waals surface area contributed by atoms with Gasteiger partial charge in [-0.1, -0.05) is 54.2 Å². The average Bonchev–Trinajstić information content (AvgIpc) is 3.06. The van der Waals surface area contributed by atoms with Crippen LogP contribution in [0.1, 0.15) is 11.1 Å². The lowest BCUT2D eigenvalue weighted by Crippen LogP contribution is -2.16. The Hall–Kier alpha value is -2.09. The monoisotopic (exact) mass is 391 g/mol. The Balaban J connectivity index is 0.00000243. The predicted octanol–water partition coefficient (Wildman–Crippen LogP) is 3.09. The number of nitrogens with one attached hydrogen (secondary N) is 1. The van der Waals surface area contributed by atoms with Crippen molar-refractivity contribution in [3.05, 3.63) is 65.7 Å². The van der Waals surface area contributed by atoms with E-state index in [9.17, 15) is 0 Å². The van der Waals surface area contributed by atoms with E-state index in [1.165, 1.54) is 11.1 Å². The fourth-order valence-electron chi connectivity index (χ4n) is 2.28. The zero-order valence-electron chi connectivity index (χ0n) is 14.5. The average molecular weight is 392 g/mol. The van der Waals surface area contributed by atoms with E-state index in [-0.39, 0.29) is 12.4 Å². The zero-order chi connectivity index (χ0) is 17.3. The van der Waals surface area contributed by atoms with Gasteiger partial charge in [-0.3, -0.25) is 0 Å². The van der Waals surface area contributed by atoms with E-state index in [4.69, 9.17) is 4.74 Å². The molecule has 3 aromatic rings. The Labute approximate surface area is 163 Å². The van der Waals surface area contributed by atoms with Crippen LogP contribution in [0.15, 0.2) is 59.8 Å². The normalized spacial score (nSPS) is 10.3. The van der Waals surface area contributed by atoms with Crippen LogP contribution in [0.4, 0.5) is 0 Å². The van der Waals surface area contributed by atoms with Crippen LogP contribution >= 0.6 is 24.2 Å². The molecule has 3 rings (SSSR count). The molecule has 0 aliphatic carbocycles. The van der Waals surface area contributed by atoms with E-state index in [1.54, 1.807) is 16.4 Å². The first-order valence-electron chi connectivity index (χ1n) is 8.13. The van der Waals surface area contributed by atoms with Crippen LogP contribution < -0.4 is 10.1 Å². The minimum Gasteiger partial charge on any atom is -0.489 e. The molecular formula is C18H22ClN5OS. The molecule has 0 fully saturated rings. The molecule has 1 N–H and O–H groups in total. The molecule has 0 radical (unpaired) electrons. The van der Waals surface area contributed by atoms with Crippen LogP contribution in [0, 0.1) is 0 Å². The van der Waals surface area contributed by atoms with Crippen LogP contribution in [-0.2, 0) is 20.2 Å². The Morgan fingerprint density at radius 2 is 1.88 bits per heavy atom. The lowest BCUT2D eigenvalue weighted by molar-refractivity contribution is 0.306. The summed E-state index contributed by atoms with van der Waals surface area (Å²) in [7, 11) is 1.84. The third-order valence-corrected chi connectivity index (χ3v) is 4.58. The molecule has 26 heavy (non-hydrogen) atoms. The molecule has 0 saturated heterocycles. The van der Waals surface area contributed by atoms with Gasteiger partial charge in [0.1, 0.15) is 12.4 Å². The smallest absolute Gasteiger partial charge is 0.209 e. The molecule has 1 heterocycles. The number of nitrogens with zero attached hydrogens (tertiary/aromatic N) is 4. The number of benzene rings is 2. The van der Waals surface area contributed by atoms with Crippen LogP contribution in [-0.4, -0.2) is 32.5 Å². The van der Waals surface area contributed by atoms with Crippen molar-refractivity contribution >= 4 is 24.2 Å². The second kappa shape index (κ2) is 10.8. The molecule has 6 nitrogen and oxygen atoms in total. The molecule has 138 valence electrons. The number of aromatic nitrogens is 4. The van der Waals surface area contributed by atoms with Gasteiger partial charge < -0.3 is 10.1 Å². The molecule has 0 saturated carbocycles. The molecule has 0 aliphatic rings. The summed E-state index contributed by atoms with van der Waals surface area (Å²) in [5.41, 5.74) is 2.37. The van der Waals surface area contributed by atoms with Gasteiger partial charge in [0.2, 0.25) is 5.16 Å². The topological polar surface area (TPSA) is 64.9 Å². The van der Waals surface area contributed by atoms with Crippen molar-refractivity contribution in [3.8, 4) is 5.75 Å². The summed E-state index contributed by atoms with van der Waals surface area (Å²) in [6.07, 6.45) is 0. The van der Waals surface area contributed by atoms with Gasteiger partial charge in [0.05, 0.1) is 0 Å². The lowest BCUT2D eigenvalue weighted by Gasteiger charge is -2.09. The third-order valence-electron chi connectivity index (χ3n) is 3.57. The van der Waals surface area contributed by atoms with Crippen molar-refractivity contribution in [2.45, 2.75) is 18.3 Å². The first-order chi connectivity index (χ1) is 12.3. The van der Waals surface area contributed by atoms with E-state index in [0.717, 1.165) is 29.7 Å². The Kier molecular flexibility index (Phi) is 8.40. The first-order valence-corrected chi connectivity index (χ1v) is 9.11. The SMILES string of the molecule is Cl.Cn1nnnc1SCCNCc1cccc(OCc2ccccc2)c1. The largest absolute Gasteiger partial charge is 0.489 e. The fraction of sp³-hybridized carbons (Fsp3) is 0.278. The summed E-state index contributed by atoms with van der Waals surface area (Å²) >= 11 is 1.64. The molecule has 2 aromatic carbocycles. The number of hydrogen-bond donors (Lipinski definition) is 1. The molecule has 0 spiro atoms. The Morgan fingerprint density at radius 1 is 1.08 bits per heavy atom. The molecule has 0 atom stereocenters. The van der Waals surface area contributed by atoms with Gasteiger partial charge in [-0.25, -0.2) is 4.68 Å². The van der Waals surface area contributed by atoms with E-state index in [0.29, 0.717) is 6.61 Å². The predicted molar refractivity (Wildman–Crippen MR) is 106 cm³/mol. The highest BCUT2D eigenvalue weighted by atomic mass is 35.5. The van der Waals surface area contributed by atoms with Gasteiger partial charge in [0.15, 0.2) is 0 Å². The standard InChI is InChI=1S/C18H21N5OS.ClH/c1-23-18(20-21-22-23)25-11-10-19-13-16-8-5-9-17(12-16)24-14-15-6-3-2-4-7-15;/h2-9,12,19H,10-11,13-14H2,1H3;1H. The summed E-state index contributed by atoms with van der Waals surface area (Å²) in [5, 5.41) is 15.6. The van der Waals surface area contributed by atoms with Gasteiger partial charge in [-0.15, -0.1) is 17.5 Å². The number of tetrazole rings is 1. The summed E-state index contributed by atoms with van der Waals surface area (Å²) in [6, 6.07) is 18.4. The van der Waals surface area contributed by atoms with Gasteiger partial charge in [-0.2, -0.15) is 0 Å². The number of ether oxygens (including phenoxy) is 1. The Bertz CT molecular complexity index is 784. The van der Waals surface area contributed by atoms with Crippen LogP contribution in [0.3, 0.4) is 0 Å². The molecule has 0 aliphatic heterocycles. The number of aryl methyl sites for hydroxylation is 1. The first kappa shape index (κ1) is 20.2. The van der Waals surface area contributed by atoms with Crippen molar-refractivity contribution in [1.82, 2.24) is 25.5 Å². The van der Waals surface area contributed by atoms with Crippen LogP contribution in [0.5, 0.6) is 5.75 Å². The number of hydrogen-bond acceptors (Lipinski definition) is 6. The van der Waals surface area contributed by atoms with Gasteiger partial charge in [0.25, 0.3) is 0 Å². The van der Waals surface area contributed by atoms with E-state index in [2.05, 4.69) is 45.1 Å². The summed E-state index contributed by atoms with van der Waals surface area (Å²) in [5.74, 6) is 1.81. The second-order valence-corrected chi connectivity index (χ2v) is 6.59. The Morgan fingerprint density at radius 3 is 2.65 bits per heavy atom. The van der Waals surface area contributed by atoms with Gasteiger partial charge >= 0.3 is 0 Å². The number of halogens is 1. The second-order valence-electron chi connectivity index (χ2n) is 5.53. The van der Waals surface area contributed by atoms with Crippen molar-refractivity contribution in [1.29, 1.82) is 0 Å². The van der Waals surface area contributed by atoms with E-state index in [1.807, 2.05) is 37.4 Å². The van der Waals surface area contributed by atoms with Crippen molar-refractivity contribution in [2.24, 2.45) is 7.05 Å². The summed E-state index contributed by atoms with van der Waals surface area (Å²) in [6.45, 7) is 2.27. The number of thioether (sulfide) groups is 1. The molecule has 8 heteroatoms. The highest BCUT2D eigenvalue weighted by molar-refractivity contribution is 7.99. The maximum absolute atomic E-state index is 5.87. The molecule has 0 bridgehead atoms. The molecule has 1 aromatic heterocycles. The third kappa shape index (κ3) is 6.33. The van der Waals surface area contributed by atoms with E-state index < -0.39 is 0 Å². The minimum atomic E-state index is 0. The lowest BCUT2D eigenvalue weighted by atomic mass is 10.2. The van der Waals surface area contributed by atoms with Crippen LogP contribution in [0.2, 0.25) is 0 Å². The maximum atomic E-state index is 5.87. The minimum absolute atomic E-state index is 0. The maximum Gasteiger partial charge on any atom is 0.209 e. The molecular weight excluding hydrogens is 370 g/mol. The van der Waals surface area contributed by atoms with Gasteiger partial charge in [0, 0.05) is 25.9 Å². The molecule has 0 unspecified atom stereocenters. The summed E-state index contributed by atoms with van der Waals surface area (Å²) in [4.78, 5) is 0. The zero-order valence-corrected chi connectivity index (χ0v) is 16.2. The fourth-order valence-corrected chi connectivity index (χ4v) is 3.02. The van der Waals surface area contributed by atoms with Gasteiger partial charge in [-0.05, 0) is 33.7 Å². The van der Waals surface area contributed by atoms with E-state index >= 15 is 0 Å². The van der Waals surface area contributed by atoms with Crippen LogP contribution in [0.25, 0.3) is 0 Å². The quantitative estimate of drug-likeness (QED) is 0.446. The van der Waals surface area contributed by atoms with Crippen molar-refractivity contribution in [3.63, 3.8) is 0 Å². The van der Waals surface area contributed by atoms with Crippen molar-refractivity contribution in [2.75, 3.05) is 12.3 Å². The highest BCUT2D eigenvalue weighted by Crippen LogP contribution is 2.15.